The van der Waals surface area contributed by atoms with Crippen LogP contribution in [0.3, 0.4) is 0 Å². The van der Waals surface area contributed by atoms with E-state index in [1.54, 1.807) is 24.3 Å². The van der Waals surface area contributed by atoms with E-state index in [2.05, 4.69) is 10.6 Å². The Kier molecular flexibility index (Phi) is 5.58. The van der Waals surface area contributed by atoms with Crippen molar-refractivity contribution in [2.24, 2.45) is 0 Å². The van der Waals surface area contributed by atoms with Crippen molar-refractivity contribution >= 4 is 17.5 Å². The minimum atomic E-state index is -0.263. The first-order chi connectivity index (χ1) is 11.5. The number of ether oxygens (including phenoxy) is 1. The Bertz CT molecular complexity index is 769. The van der Waals surface area contributed by atoms with Gasteiger partial charge in [0.05, 0.1) is 12.7 Å². The summed E-state index contributed by atoms with van der Waals surface area (Å²) in [6, 6.07) is 10.7. The molecule has 2 aromatic carbocycles. The summed E-state index contributed by atoms with van der Waals surface area (Å²) in [4.78, 5) is 24.8. The van der Waals surface area contributed by atoms with Gasteiger partial charge in [-0.2, -0.15) is 0 Å². The molecule has 0 saturated carbocycles. The van der Waals surface area contributed by atoms with Crippen LogP contribution in [0.4, 0.5) is 5.69 Å². The van der Waals surface area contributed by atoms with Crippen molar-refractivity contribution in [3.8, 4) is 5.75 Å². The lowest BCUT2D eigenvalue weighted by molar-refractivity contribution is 0.0953. The third-order valence-corrected chi connectivity index (χ3v) is 3.85. The lowest BCUT2D eigenvalue weighted by atomic mass is 10.0. The second kappa shape index (κ2) is 7.64. The Morgan fingerprint density at radius 1 is 1.04 bits per heavy atom. The van der Waals surface area contributed by atoms with E-state index in [-0.39, 0.29) is 11.8 Å². The molecule has 0 radical (unpaired) electrons. The highest BCUT2D eigenvalue weighted by atomic mass is 16.5. The number of anilines is 1. The molecule has 0 aliphatic carbocycles. The van der Waals surface area contributed by atoms with Gasteiger partial charge in [0.15, 0.2) is 0 Å². The van der Waals surface area contributed by atoms with Crippen LogP contribution in [0.15, 0.2) is 36.4 Å². The van der Waals surface area contributed by atoms with E-state index in [0.717, 1.165) is 11.1 Å². The van der Waals surface area contributed by atoms with Gasteiger partial charge in [-0.25, -0.2) is 0 Å². The molecule has 0 aliphatic heterocycles. The van der Waals surface area contributed by atoms with Crippen LogP contribution in [-0.2, 0) is 0 Å². The summed E-state index contributed by atoms with van der Waals surface area (Å²) in [6.45, 7) is 6.09. The molecule has 0 spiro atoms. The van der Waals surface area contributed by atoms with Crippen LogP contribution in [0.25, 0.3) is 0 Å². The fraction of sp³-hybridized carbons (Fsp3) is 0.263. The number of amides is 2. The molecule has 2 N–H and O–H groups in total. The number of carbonyl (C=O) groups excluding carboxylic acids is 2. The van der Waals surface area contributed by atoms with Gasteiger partial charge < -0.3 is 15.4 Å². The maximum absolute atomic E-state index is 12.7. The van der Waals surface area contributed by atoms with Crippen molar-refractivity contribution in [2.75, 3.05) is 19.0 Å². The van der Waals surface area contributed by atoms with Crippen molar-refractivity contribution in [1.29, 1.82) is 0 Å². The molecule has 0 bridgehead atoms. The predicted octanol–water partition coefficient (Wildman–Crippen LogP) is 3.31. The summed E-state index contributed by atoms with van der Waals surface area (Å²) in [7, 11) is 1.53. The molecule has 0 heterocycles. The van der Waals surface area contributed by atoms with E-state index in [1.165, 1.54) is 7.11 Å². The summed E-state index contributed by atoms with van der Waals surface area (Å²) in [5, 5.41) is 5.65. The highest BCUT2D eigenvalue weighted by Gasteiger charge is 2.17. The number of rotatable bonds is 5. The summed E-state index contributed by atoms with van der Waals surface area (Å²) >= 11 is 0. The van der Waals surface area contributed by atoms with Gasteiger partial charge in [0.1, 0.15) is 5.75 Å². The molecule has 24 heavy (non-hydrogen) atoms. The summed E-state index contributed by atoms with van der Waals surface area (Å²) in [5.74, 6) is 0.103. The molecule has 2 amide bonds. The van der Waals surface area contributed by atoms with Crippen LogP contribution in [0.2, 0.25) is 0 Å². The molecule has 2 rings (SSSR count). The van der Waals surface area contributed by atoms with Crippen LogP contribution in [0.1, 0.15) is 38.8 Å². The van der Waals surface area contributed by atoms with Gasteiger partial charge in [0, 0.05) is 17.8 Å². The molecule has 5 nitrogen and oxygen atoms in total. The van der Waals surface area contributed by atoms with E-state index in [1.807, 2.05) is 32.9 Å². The number of aryl methyl sites for hydroxylation is 1. The van der Waals surface area contributed by atoms with Crippen molar-refractivity contribution in [3.63, 3.8) is 0 Å². The minimum Gasteiger partial charge on any atom is -0.496 e. The van der Waals surface area contributed by atoms with Crippen LogP contribution in [0.5, 0.6) is 5.75 Å². The molecule has 2 aromatic rings. The first kappa shape index (κ1) is 17.5. The van der Waals surface area contributed by atoms with E-state index in [4.69, 9.17) is 4.74 Å². The first-order valence-electron chi connectivity index (χ1n) is 7.82. The second-order valence-corrected chi connectivity index (χ2v) is 5.44. The van der Waals surface area contributed by atoms with Crippen molar-refractivity contribution in [1.82, 2.24) is 5.32 Å². The molecule has 0 aromatic heterocycles. The number of carbonyl (C=O) groups is 2. The number of hydrogen-bond acceptors (Lipinski definition) is 3. The van der Waals surface area contributed by atoms with Crippen molar-refractivity contribution < 1.29 is 14.3 Å². The van der Waals surface area contributed by atoms with E-state index in [9.17, 15) is 9.59 Å². The maximum Gasteiger partial charge on any atom is 0.259 e. The van der Waals surface area contributed by atoms with Crippen LogP contribution in [-0.4, -0.2) is 25.5 Å². The molecule has 0 aliphatic rings. The molecule has 5 heteroatoms. The third kappa shape index (κ3) is 3.56. The van der Waals surface area contributed by atoms with E-state index in [0.29, 0.717) is 29.1 Å². The largest absolute Gasteiger partial charge is 0.496 e. The maximum atomic E-state index is 12.7. The zero-order valence-electron chi connectivity index (χ0n) is 14.4. The number of nitrogens with one attached hydrogen (secondary N) is 2. The summed E-state index contributed by atoms with van der Waals surface area (Å²) < 4.78 is 5.28. The fourth-order valence-corrected chi connectivity index (χ4v) is 2.56. The van der Waals surface area contributed by atoms with Crippen LogP contribution < -0.4 is 15.4 Å². The number of benzene rings is 2. The molecule has 0 saturated heterocycles. The summed E-state index contributed by atoms with van der Waals surface area (Å²) in [6.07, 6.45) is 0. The Balaban J connectivity index is 2.34. The van der Waals surface area contributed by atoms with E-state index >= 15 is 0 Å². The Labute approximate surface area is 142 Å². The normalized spacial score (nSPS) is 10.2. The molecule has 0 unspecified atom stereocenters. The fourth-order valence-electron chi connectivity index (χ4n) is 2.56. The smallest absolute Gasteiger partial charge is 0.259 e. The van der Waals surface area contributed by atoms with Gasteiger partial charge in [-0.1, -0.05) is 18.2 Å². The monoisotopic (exact) mass is 326 g/mol. The van der Waals surface area contributed by atoms with Crippen molar-refractivity contribution in [3.05, 3.63) is 58.7 Å². The zero-order valence-corrected chi connectivity index (χ0v) is 14.4. The molecule has 0 atom stereocenters. The second-order valence-electron chi connectivity index (χ2n) is 5.44. The van der Waals surface area contributed by atoms with Crippen molar-refractivity contribution in [2.45, 2.75) is 20.8 Å². The van der Waals surface area contributed by atoms with E-state index < -0.39 is 0 Å². The first-order valence-corrected chi connectivity index (χ1v) is 7.82. The SMILES string of the molecule is CCNC(=O)c1cccc(NC(=O)c2c(C)cccc2OC)c1C. The Hall–Kier alpha value is -2.82. The van der Waals surface area contributed by atoms with Gasteiger partial charge in [-0.15, -0.1) is 0 Å². The Morgan fingerprint density at radius 3 is 2.42 bits per heavy atom. The Morgan fingerprint density at radius 2 is 1.75 bits per heavy atom. The molecule has 0 fully saturated rings. The van der Waals surface area contributed by atoms with Gasteiger partial charge in [0.2, 0.25) is 0 Å². The topological polar surface area (TPSA) is 67.4 Å². The van der Waals surface area contributed by atoms with Gasteiger partial charge >= 0.3 is 0 Å². The molecular weight excluding hydrogens is 304 g/mol. The number of methoxy groups -OCH3 is 1. The average Bonchev–Trinajstić information content (AvgIpc) is 2.56. The highest BCUT2D eigenvalue weighted by Crippen LogP contribution is 2.25. The summed E-state index contributed by atoms with van der Waals surface area (Å²) in [5.41, 5.74) is 3.19. The zero-order chi connectivity index (χ0) is 17.7. The minimum absolute atomic E-state index is 0.153. The lowest BCUT2D eigenvalue weighted by Crippen LogP contribution is -2.24. The van der Waals surface area contributed by atoms with Crippen LogP contribution >= 0.6 is 0 Å². The predicted molar refractivity (Wildman–Crippen MR) is 94.9 cm³/mol. The molecule has 126 valence electrons. The highest BCUT2D eigenvalue weighted by molar-refractivity contribution is 6.08. The van der Waals surface area contributed by atoms with Gasteiger partial charge in [0.25, 0.3) is 11.8 Å². The average molecular weight is 326 g/mol. The standard InChI is InChI=1S/C19H22N2O3/c1-5-20-18(22)14-9-7-10-15(13(14)3)21-19(23)17-12(2)8-6-11-16(17)24-4/h6-11H,5H2,1-4H3,(H,20,22)(H,21,23). The quantitative estimate of drug-likeness (QED) is 0.886. The number of hydrogen-bond donors (Lipinski definition) is 2. The third-order valence-electron chi connectivity index (χ3n) is 3.85. The van der Waals surface area contributed by atoms with Gasteiger partial charge in [-0.3, -0.25) is 9.59 Å². The molecular formula is C19H22N2O3. The van der Waals surface area contributed by atoms with Gasteiger partial charge in [-0.05, 0) is 50.1 Å². The van der Waals surface area contributed by atoms with Crippen LogP contribution in [0, 0.1) is 13.8 Å². The lowest BCUT2D eigenvalue weighted by Gasteiger charge is -2.15.